The number of rotatable bonds is 3. The van der Waals surface area contributed by atoms with Crippen molar-refractivity contribution in [3.05, 3.63) is 23.8 Å². The van der Waals surface area contributed by atoms with Gasteiger partial charge in [-0.2, -0.15) is 0 Å². The number of carbonyl (C=O) groups is 1. The molecule has 19 heavy (non-hydrogen) atoms. The highest BCUT2D eigenvalue weighted by atomic mass is 16.5. The van der Waals surface area contributed by atoms with Crippen molar-refractivity contribution in [2.75, 3.05) is 31.6 Å². The Morgan fingerprint density at radius 3 is 2.89 bits per heavy atom. The maximum absolute atomic E-state index is 12.2. The summed E-state index contributed by atoms with van der Waals surface area (Å²) in [7, 11) is 1.66. The number of nitrogens with one attached hydrogen (secondary N) is 1. The summed E-state index contributed by atoms with van der Waals surface area (Å²) in [6.07, 6.45) is 2.84. The molecule has 2 aliphatic rings. The van der Waals surface area contributed by atoms with Crippen LogP contribution in [-0.4, -0.2) is 32.7 Å². The summed E-state index contributed by atoms with van der Waals surface area (Å²) >= 11 is 0. The number of hydrogen-bond donors (Lipinski definition) is 1. The van der Waals surface area contributed by atoms with Crippen molar-refractivity contribution < 1.29 is 9.53 Å². The molecule has 0 atom stereocenters. The Morgan fingerprint density at radius 1 is 1.37 bits per heavy atom. The Labute approximate surface area is 113 Å². The molecule has 1 amide bonds. The predicted molar refractivity (Wildman–Crippen MR) is 74.6 cm³/mol. The number of fused-ring (bicyclic) bond motifs is 1. The molecule has 0 radical (unpaired) electrons. The summed E-state index contributed by atoms with van der Waals surface area (Å²) < 4.78 is 5.27. The number of nitrogens with zero attached hydrogens (tertiary/aromatic N) is 1. The minimum absolute atomic E-state index is 0.224. The lowest BCUT2D eigenvalue weighted by Crippen LogP contribution is -2.37. The first-order chi connectivity index (χ1) is 9.28. The molecule has 0 saturated carbocycles. The minimum Gasteiger partial charge on any atom is -0.497 e. The van der Waals surface area contributed by atoms with E-state index in [-0.39, 0.29) is 5.91 Å². The highest BCUT2D eigenvalue weighted by molar-refractivity contribution is 6.01. The number of anilines is 1. The van der Waals surface area contributed by atoms with Gasteiger partial charge in [-0.1, -0.05) is 6.07 Å². The Morgan fingerprint density at radius 2 is 2.16 bits per heavy atom. The van der Waals surface area contributed by atoms with Crippen molar-refractivity contribution in [2.24, 2.45) is 5.92 Å². The number of benzene rings is 1. The van der Waals surface area contributed by atoms with Crippen LogP contribution in [0, 0.1) is 5.92 Å². The molecule has 1 saturated heterocycles. The minimum atomic E-state index is 0.224. The van der Waals surface area contributed by atoms with E-state index in [0.29, 0.717) is 12.3 Å². The van der Waals surface area contributed by atoms with Crippen LogP contribution in [0.25, 0.3) is 0 Å². The first-order valence-electron chi connectivity index (χ1n) is 6.96. The quantitative estimate of drug-likeness (QED) is 0.897. The van der Waals surface area contributed by atoms with E-state index < -0.39 is 0 Å². The van der Waals surface area contributed by atoms with Crippen LogP contribution in [0.1, 0.15) is 18.4 Å². The molecular formula is C15H20N2O2. The molecule has 1 aromatic carbocycles. The third kappa shape index (κ3) is 2.45. The number of piperidine rings is 1. The van der Waals surface area contributed by atoms with E-state index in [2.05, 4.69) is 5.32 Å². The van der Waals surface area contributed by atoms with Gasteiger partial charge in [0.25, 0.3) is 0 Å². The summed E-state index contributed by atoms with van der Waals surface area (Å²) in [5.41, 5.74) is 2.17. The van der Waals surface area contributed by atoms with Gasteiger partial charge < -0.3 is 15.0 Å². The molecule has 1 aromatic rings. The molecule has 0 aliphatic carbocycles. The van der Waals surface area contributed by atoms with Gasteiger partial charge in [0.1, 0.15) is 5.75 Å². The van der Waals surface area contributed by atoms with E-state index in [0.717, 1.165) is 49.5 Å². The van der Waals surface area contributed by atoms with Crippen molar-refractivity contribution in [1.82, 2.24) is 5.32 Å². The average Bonchev–Trinajstić information content (AvgIpc) is 2.76. The van der Waals surface area contributed by atoms with Crippen LogP contribution in [0.15, 0.2) is 18.2 Å². The second-order valence-electron chi connectivity index (χ2n) is 5.37. The van der Waals surface area contributed by atoms with E-state index in [4.69, 9.17) is 4.74 Å². The standard InChI is InChI=1S/C15H20N2O2/c1-19-13-3-2-12-8-15(18)17(14(12)9-13)10-11-4-6-16-7-5-11/h2-3,9,11,16H,4-8,10H2,1H3. The Balaban J connectivity index is 1.80. The van der Waals surface area contributed by atoms with E-state index in [1.807, 2.05) is 23.1 Å². The summed E-state index contributed by atoms with van der Waals surface area (Å²) in [6, 6.07) is 5.93. The highest BCUT2D eigenvalue weighted by Gasteiger charge is 2.29. The van der Waals surface area contributed by atoms with Gasteiger partial charge in [0.15, 0.2) is 0 Å². The molecule has 1 fully saturated rings. The molecule has 0 bridgehead atoms. The van der Waals surface area contributed by atoms with E-state index >= 15 is 0 Å². The highest BCUT2D eigenvalue weighted by Crippen LogP contribution is 2.33. The fraction of sp³-hybridized carbons (Fsp3) is 0.533. The Hall–Kier alpha value is -1.55. The van der Waals surface area contributed by atoms with Crippen LogP contribution in [0.4, 0.5) is 5.69 Å². The number of methoxy groups -OCH3 is 1. The molecule has 4 nitrogen and oxygen atoms in total. The summed E-state index contributed by atoms with van der Waals surface area (Å²) in [5.74, 6) is 1.66. The molecule has 2 aliphatic heterocycles. The fourth-order valence-corrected chi connectivity index (χ4v) is 2.99. The molecule has 1 N–H and O–H groups in total. The van der Waals surface area contributed by atoms with Gasteiger partial charge in [0, 0.05) is 12.6 Å². The lowest BCUT2D eigenvalue weighted by atomic mass is 9.97. The maximum atomic E-state index is 12.2. The lowest BCUT2D eigenvalue weighted by molar-refractivity contribution is -0.117. The summed E-state index contributed by atoms with van der Waals surface area (Å²) in [4.78, 5) is 14.1. The maximum Gasteiger partial charge on any atom is 0.231 e. The van der Waals surface area contributed by atoms with Crippen LogP contribution >= 0.6 is 0 Å². The molecule has 4 heteroatoms. The van der Waals surface area contributed by atoms with Crippen molar-refractivity contribution in [3.63, 3.8) is 0 Å². The topological polar surface area (TPSA) is 41.6 Å². The van der Waals surface area contributed by atoms with E-state index in [1.165, 1.54) is 0 Å². The molecule has 3 rings (SSSR count). The zero-order valence-corrected chi connectivity index (χ0v) is 11.3. The molecule has 102 valence electrons. The van der Waals surface area contributed by atoms with Crippen molar-refractivity contribution in [3.8, 4) is 5.75 Å². The van der Waals surface area contributed by atoms with Crippen LogP contribution < -0.4 is 15.0 Å². The van der Waals surface area contributed by atoms with Gasteiger partial charge in [-0.15, -0.1) is 0 Å². The first kappa shape index (κ1) is 12.5. The molecule has 2 heterocycles. The van der Waals surface area contributed by atoms with E-state index in [9.17, 15) is 4.79 Å². The SMILES string of the molecule is COc1ccc2c(c1)N(CC1CCNCC1)C(=O)C2. The lowest BCUT2D eigenvalue weighted by Gasteiger charge is -2.28. The van der Waals surface area contributed by atoms with Gasteiger partial charge in [-0.3, -0.25) is 4.79 Å². The largest absolute Gasteiger partial charge is 0.497 e. The van der Waals surface area contributed by atoms with Crippen LogP contribution in [0.2, 0.25) is 0 Å². The molecule has 0 unspecified atom stereocenters. The second kappa shape index (κ2) is 5.21. The van der Waals surface area contributed by atoms with Gasteiger partial charge in [0.05, 0.1) is 19.2 Å². The average molecular weight is 260 g/mol. The van der Waals surface area contributed by atoms with Crippen molar-refractivity contribution in [1.29, 1.82) is 0 Å². The first-order valence-corrected chi connectivity index (χ1v) is 6.96. The normalized spacial score (nSPS) is 19.6. The number of amides is 1. The monoisotopic (exact) mass is 260 g/mol. The third-order valence-electron chi connectivity index (χ3n) is 4.13. The van der Waals surface area contributed by atoms with Gasteiger partial charge in [0.2, 0.25) is 5.91 Å². The zero-order chi connectivity index (χ0) is 13.2. The number of carbonyl (C=O) groups excluding carboxylic acids is 1. The van der Waals surface area contributed by atoms with Crippen LogP contribution in [0.3, 0.4) is 0 Å². The van der Waals surface area contributed by atoms with Crippen molar-refractivity contribution in [2.45, 2.75) is 19.3 Å². The fourth-order valence-electron chi connectivity index (χ4n) is 2.99. The second-order valence-corrected chi connectivity index (χ2v) is 5.37. The third-order valence-corrected chi connectivity index (χ3v) is 4.13. The number of ether oxygens (including phenoxy) is 1. The van der Waals surface area contributed by atoms with Crippen LogP contribution in [-0.2, 0) is 11.2 Å². The molecular weight excluding hydrogens is 240 g/mol. The summed E-state index contributed by atoms with van der Waals surface area (Å²) in [5, 5.41) is 3.36. The number of hydrogen-bond acceptors (Lipinski definition) is 3. The van der Waals surface area contributed by atoms with Gasteiger partial charge in [-0.05, 0) is 43.5 Å². The van der Waals surface area contributed by atoms with Gasteiger partial charge >= 0.3 is 0 Å². The Kier molecular flexibility index (Phi) is 3.42. The van der Waals surface area contributed by atoms with Gasteiger partial charge in [-0.25, -0.2) is 0 Å². The smallest absolute Gasteiger partial charge is 0.231 e. The van der Waals surface area contributed by atoms with Crippen LogP contribution in [0.5, 0.6) is 5.75 Å². The van der Waals surface area contributed by atoms with Crippen molar-refractivity contribution >= 4 is 11.6 Å². The molecule has 0 aromatic heterocycles. The predicted octanol–water partition coefficient (Wildman–Crippen LogP) is 1.58. The zero-order valence-electron chi connectivity index (χ0n) is 11.3. The molecule has 0 spiro atoms. The van der Waals surface area contributed by atoms with E-state index in [1.54, 1.807) is 7.11 Å². The summed E-state index contributed by atoms with van der Waals surface area (Å²) in [6.45, 7) is 2.98. The Bertz CT molecular complexity index is 481.